The van der Waals surface area contributed by atoms with Crippen LogP contribution in [-0.4, -0.2) is 48.1 Å². The highest BCUT2D eigenvalue weighted by Gasteiger charge is 2.27. The second kappa shape index (κ2) is 8.74. The zero-order chi connectivity index (χ0) is 20.1. The third-order valence-electron chi connectivity index (χ3n) is 4.76. The molecule has 2 aromatic rings. The second-order valence-electron chi connectivity index (χ2n) is 6.71. The Morgan fingerprint density at radius 3 is 2.68 bits per heavy atom. The molecule has 2 heterocycles. The molecule has 1 saturated heterocycles. The van der Waals surface area contributed by atoms with E-state index < -0.39 is 16.1 Å². The van der Waals surface area contributed by atoms with E-state index >= 15 is 0 Å². The zero-order valence-corrected chi connectivity index (χ0v) is 17.0. The van der Waals surface area contributed by atoms with E-state index in [0.717, 1.165) is 19.3 Å². The summed E-state index contributed by atoms with van der Waals surface area (Å²) in [4.78, 5) is 12.8. The van der Waals surface area contributed by atoms with Crippen molar-refractivity contribution < 1.29 is 17.9 Å². The quantitative estimate of drug-likeness (QED) is 0.763. The van der Waals surface area contributed by atoms with Crippen LogP contribution < -0.4 is 10.1 Å². The number of anilines is 1. The van der Waals surface area contributed by atoms with Crippen molar-refractivity contribution in [1.82, 2.24) is 14.1 Å². The maximum absolute atomic E-state index is 13.0. The fraction of sp³-hybridized carbons (Fsp3) is 0.474. The molecule has 1 aliphatic rings. The van der Waals surface area contributed by atoms with Crippen LogP contribution in [0.15, 0.2) is 41.6 Å². The molecule has 152 valence electrons. The predicted octanol–water partition coefficient (Wildman–Crippen LogP) is 2.66. The fourth-order valence-electron chi connectivity index (χ4n) is 3.17. The van der Waals surface area contributed by atoms with Gasteiger partial charge in [-0.05, 0) is 51.0 Å². The molecule has 1 aromatic heterocycles. The van der Waals surface area contributed by atoms with E-state index in [9.17, 15) is 13.2 Å². The summed E-state index contributed by atoms with van der Waals surface area (Å²) >= 11 is 0. The van der Waals surface area contributed by atoms with E-state index in [1.807, 2.05) is 6.92 Å². The Labute approximate surface area is 165 Å². The van der Waals surface area contributed by atoms with Crippen molar-refractivity contribution in [3.05, 3.63) is 36.7 Å². The lowest BCUT2D eigenvalue weighted by atomic mass is 10.2. The standard InChI is InChI=1S/C19H26N4O4S/c1-3-27-18-9-8-16(28(25,26)22-11-5-4-6-12-22)14-17(18)21-19(24)15(2)23-13-7-10-20-23/h7-10,13-15H,3-6,11-12H2,1-2H3,(H,21,24). The van der Waals surface area contributed by atoms with Crippen molar-refractivity contribution in [3.63, 3.8) is 0 Å². The first-order valence-corrected chi connectivity index (χ1v) is 10.9. The molecule has 0 bridgehead atoms. The van der Waals surface area contributed by atoms with Crippen LogP contribution in [0, 0.1) is 0 Å². The van der Waals surface area contributed by atoms with Gasteiger partial charge in [-0.25, -0.2) is 8.42 Å². The number of piperidine rings is 1. The molecule has 3 rings (SSSR count). The Bertz CT molecular complexity index is 906. The summed E-state index contributed by atoms with van der Waals surface area (Å²) < 4.78 is 34.6. The molecule has 9 heteroatoms. The highest BCUT2D eigenvalue weighted by atomic mass is 32.2. The third kappa shape index (κ3) is 4.36. The molecule has 1 N–H and O–H groups in total. The van der Waals surface area contributed by atoms with Gasteiger partial charge in [-0.2, -0.15) is 9.40 Å². The first-order valence-electron chi connectivity index (χ1n) is 9.50. The molecule has 1 atom stereocenters. The summed E-state index contributed by atoms with van der Waals surface area (Å²) in [6, 6.07) is 5.78. The minimum atomic E-state index is -3.61. The molecule has 0 saturated carbocycles. The number of nitrogens with zero attached hydrogens (tertiary/aromatic N) is 3. The molecule has 0 spiro atoms. The first kappa shape index (κ1) is 20.3. The minimum absolute atomic E-state index is 0.153. The summed E-state index contributed by atoms with van der Waals surface area (Å²) in [5, 5.41) is 6.87. The largest absolute Gasteiger partial charge is 0.492 e. The van der Waals surface area contributed by atoms with Crippen molar-refractivity contribution in [3.8, 4) is 5.75 Å². The van der Waals surface area contributed by atoms with Crippen LogP contribution in [0.5, 0.6) is 5.75 Å². The van der Waals surface area contributed by atoms with E-state index in [4.69, 9.17) is 4.74 Å². The van der Waals surface area contributed by atoms with E-state index in [1.165, 1.54) is 21.1 Å². The summed E-state index contributed by atoms with van der Waals surface area (Å²) in [5.41, 5.74) is 0.337. The van der Waals surface area contributed by atoms with Gasteiger partial charge in [-0.15, -0.1) is 0 Å². The number of hydrogen-bond donors (Lipinski definition) is 1. The topological polar surface area (TPSA) is 93.5 Å². The molecular weight excluding hydrogens is 380 g/mol. The van der Waals surface area contributed by atoms with E-state index in [2.05, 4.69) is 10.4 Å². The molecule has 0 radical (unpaired) electrons. The van der Waals surface area contributed by atoms with Crippen LogP contribution in [-0.2, 0) is 14.8 Å². The minimum Gasteiger partial charge on any atom is -0.492 e. The van der Waals surface area contributed by atoms with Crippen LogP contribution in [0.2, 0.25) is 0 Å². The van der Waals surface area contributed by atoms with Gasteiger partial charge >= 0.3 is 0 Å². The average Bonchev–Trinajstić information content (AvgIpc) is 3.24. The lowest BCUT2D eigenvalue weighted by molar-refractivity contribution is -0.119. The first-order chi connectivity index (χ1) is 13.4. The molecule has 1 unspecified atom stereocenters. The Hall–Kier alpha value is -2.39. The van der Waals surface area contributed by atoms with Crippen LogP contribution >= 0.6 is 0 Å². The molecule has 28 heavy (non-hydrogen) atoms. The third-order valence-corrected chi connectivity index (χ3v) is 6.66. The molecule has 1 fully saturated rings. The molecule has 0 aliphatic carbocycles. The van der Waals surface area contributed by atoms with Gasteiger partial charge in [0, 0.05) is 25.5 Å². The van der Waals surface area contributed by atoms with Gasteiger partial charge in [0.05, 0.1) is 17.2 Å². The molecule has 1 aliphatic heterocycles. The number of carbonyl (C=O) groups is 1. The maximum Gasteiger partial charge on any atom is 0.249 e. The van der Waals surface area contributed by atoms with Gasteiger partial charge in [-0.1, -0.05) is 6.42 Å². The fourth-order valence-corrected chi connectivity index (χ4v) is 4.71. The number of amides is 1. The lowest BCUT2D eigenvalue weighted by Crippen LogP contribution is -2.35. The Balaban J connectivity index is 1.88. The highest BCUT2D eigenvalue weighted by Crippen LogP contribution is 2.30. The van der Waals surface area contributed by atoms with Crippen molar-refractivity contribution in [2.45, 2.75) is 44.0 Å². The molecular formula is C19H26N4O4S. The molecule has 1 amide bonds. The smallest absolute Gasteiger partial charge is 0.249 e. The second-order valence-corrected chi connectivity index (χ2v) is 8.64. The van der Waals surface area contributed by atoms with Gasteiger partial charge in [0.25, 0.3) is 0 Å². The Kier molecular flexibility index (Phi) is 6.35. The number of benzene rings is 1. The number of rotatable bonds is 7. The maximum atomic E-state index is 13.0. The highest BCUT2D eigenvalue weighted by molar-refractivity contribution is 7.89. The van der Waals surface area contributed by atoms with E-state index in [0.29, 0.717) is 31.1 Å². The zero-order valence-electron chi connectivity index (χ0n) is 16.2. The number of hydrogen-bond acceptors (Lipinski definition) is 5. The average molecular weight is 407 g/mol. The SMILES string of the molecule is CCOc1ccc(S(=O)(=O)N2CCCCC2)cc1NC(=O)C(C)n1cccn1. The molecule has 8 nitrogen and oxygen atoms in total. The van der Waals surface area contributed by atoms with Gasteiger partial charge in [0.2, 0.25) is 15.9 Å². The van der Waals surface area contributed by atoms with E-state index in [-0.39, 0.29) is 10.8 Å². The number of nitrogens with one attached hydrogen (secondary N) is 1. The van der Waals surface area contributed by atoms with Crippen LogP contribution in [0.3, 0.4) is 0 Å². The lowest BCUT2D eigenvalue weighted by Gasteiger charge is -2.26. The van der Waals surface area contributed by atoms with Crippen LogP contribution in [0.4, 0.5) is 5.69 Å². The Morgan fingerprint density at radius 1 is 1.29 bits per heavy atom. The number of carbonyl (C=O) groups excluding carboxylic acids is 1. The molecule has 1 aromatic carbocycles. The van der Waals surface area contributed by atoms with Crippen LogP contribution in [0.25, 0.3) is 0 Å². The van der Waals surface area contributed by atoms with Crippen molar-refractivity contribution >= 4 is 21.6 Å². The summed E-state index contributed by atoms with van der Waals surface area (Å²) in [5.74, 6) is 0.123. The van der Waals surface area contributed by atoms with Gasteiger partial charge < -0.3 is 10.1 Å². The predicted molar refractivity (Wildman–Crippen MR) is 106 cm³/mol. The normalized spacial score (nSPS) is 16.5. The Morgan fingerprint density at radius 2 is 2.04 bits per heavy atom. The summed E-state index contributed by atoms with van der Waals surface area (Å²) in [6.07, 6.45) is 6.07. The summed E-state index contributed by atoms with van der Waals surface area (Å²) in [6.45, 7) is 4.99. The van der Waals surface area contributed by atoms with Gasteiger partial charge in [0.1, 0.15) is 11.8 Å². The van der Waals surface area contributed by atoms with E-state index in [1.54, 1.807) is 31.5 Å². The number of ether oxygens (including phenoxy) is 1. The number of sulfonamides is 1. The van der Waals surface area contributed by atoms with Crippen molar-refractivity contribution in [2.75, 3.05) is 25.0 Å². The van der Waals surface area contributed by atoms with Crippen molar-refractivity contribution in [1.29, 1.82) is 0 Å². The van der Waals surface area contributed by atoms with Gasteiger partial charge in [-0.3, -0.25) is 9.48 Å². The van der Waals surface area contributed by atoms with Crippen molar-refractivity contribution in [2.24, 2.45) is 0 Å². The van der Waals surface area contributed by atoms with Gasteiger partial charge in [0.15, 0.2) is 0 Å². The summed E-state index contributed by atoms with van der Waals surface area (Å²) in [7, 11) is -3.61. The number of aromatic nitrogens is 2. The monoisotopic (exact) mass is 406 g/mol. The van der Waals surface area contributed by atoms with Crippen LogP contribution in [0.1, 0.15) is 39.2 Å².